The van der Waals surface area contributed by atoms with Crippen molar-refractivity contribution in [3.8, 4) is 11.8 Å². The number of carbonyl (C=O) groups is 2. The highest BCUT2D eigenvalue weighted by atomic mass is 32.2. The number of benzene rings is 2. The van der Waals surface area contributed by atoms with E-state index in [4.69, 9.17) is 4.74 Å². The van der Waals surface area contributed by atoms with Crippen LogP contribution >= 0.6 is 0 Å². The quantitative estimate of drug-likeness (QED) is 0.397. The summed E-state index contributed by atoms with van der Waals surface area (Å²) in [6, 6.07) is 13.3. The van der Waals surface area contributed by atoms with Crippen LogP contribution in [-0.2, 0) is 21.3 Å². The summed E-state index contributed by atoms with van der Waals surface area (Å²) in [5.41, 5.74) is 1.34. The van der Waals surface area contributed by atoms with Crippen LogP contribution in [0.15, 0.2) is 65.6 Å². The third-order valence-electron chi connectivity index (χ3n) is 4.42. The molecular weight excluding hydrogens is 438 g/mol. The Hall–Kier alpha value is -3.99. The van der Waals surface area contributed by atoms with Crippen molar-refractivity contribution < 1.29 is 33.0 Å². The maximum atomic E-state index is 12.2. The second kappa shape index (κ2) is 9.43. The van der Waals surface area contributed by atoms with Crippen molar-refractivity contribution in [1.29, 1.82) is 0 Å². The van der Waals surface area contributed by atoms with Gasteiger partial charge in [-0.15, -0.1) is 0 Å². The van der Waals surface area contributed by atoms with Gasteiger partial charge in [0, 0.05) is 17.8 Å². The smallest absolute Gasteiger partial charge is 0.338 e. The number of carbonyl (C=O) groups excluding carboxylic acids is 2. The van der Waals surface area contributed by atoms with Gasteiger partial charge in [-0.3, -0.25) is 4.57 Å². The number of nitrogens with zero attached hydrogens (tertiary/aromatic N) is 1. The number of ether oxygens (including phenoxy) is 1. The molecule has 0 fully saturated rings. The number of esters is 1. The number of aryl methyl sites for hydroxylation is 1. The fraction of sp³-hybridized carbons (Fsp3) is 0.143. The van der Waals surface area contributed by atoms with Crippen molar-refractivity contribution in [2.75, 3.05) is 11.9 Å². The third kappa shape index (κ3) is 5.58. The molecule has 11 heteroatoms. The molecule has 0 radical (unpaired) electrons. The lowest BCUT2D eigenvalue weighted by Gasteiger charge is -2.10. The van der Waals surface area contributed by atoms with E-state index in [2.05, 4.69) is 5.32 Å². The van der Waals surface area contributed by atoms with Crippen LogP contribution in [-0.4, -0.2) is 41.8 Å². The van der Waals surface area contributed by atoms with E-state index in [1.165, 1.54) is 53.1 Å². The minimum atomic E-state index is -4.03. The molecule has 168 valence electrons. The molecule has 1 heterocycles. The largest absolute Gasteiger partial charge is 0.494 e. The van der Waals surface area contributed by atoms with Gasteiger partial charge in [-0.25, -0.2) is 22.7 Å². The van der Waals surface area contributed by atoms with Gasteiger partial charge in [-0.1, -0.05) is 17.7 Å². The zero-order chi connectivity index (χ0) is 23.3. The Kier molecular flexibility index (Phi) is 6.69. The minimum absolute atomic E-state index is 0.0436. The average molecular weight is 459 g/mol. The highest BCUT2D eigenvalue weighted by Crippen LogP contribution is 2.20. The van der Waals surface area contributed by atoms with Crippen molar-refractivity contribution >= 4 is 27.7 Å². The van der Waals surface area contributed by atoms with Crippen LogP contribution in [0.4, 0.5) is 10.5 Å². The Morgan fingerprint density at radius 3 is 2.12 bits per heavy atom. The topological polar surface area (TPSA) is 147 Å². The summed E-state index contributed by atoms with van der Waals surface area (Å²) in [5, 5.41) is 21.5. The standard InChI is InChI=1S/C21H21N3O7S/c1-14-2-8-17(9-3-14)32(29,30)23-21(28)22-16-6-4-15(5-7-16)20(27)31-13-12-24-18(25)10-11-19(24)26/h2-11,25-26H,12-13H2,1H3,(H2,22,23,28). The summed E-state index contributed by atoms with van der Waals surface area (Å²) in [6.45, 7) is 1.79. The van der Waals surface area contributed by atoms with E-state index in [-0.39, 0.29) is 41.1 Å². The highest BCUT2D eigenvalue weighted by Gasteiger charge is 2.17. The van der Waals surface area contributed by atoms with Crippen LogP contribution in [0.25, 0.3) is 0 Å². The second-order valence-electron chi connectivity index (χ2n) is 6.79. The number of aromatic hydroxyl groups is 2. The Balaban J connectivity index is 1.53. The first kappa shape index (κ1) is 22.7. The van der Waals surface area contributed by atoms with Gasteiger partial charge in [0.15, 0.2) is 11.8 Å². The molecule has 3 aromatic rings. The average Bonchev–Trinajstić information content (AvgIpc) is 3.06. The van der Waals surface area contributed by atoms with Crippen LogP contribution in [0.2, 0.25) is 0 Å². The van der Waals surface area contributed by atoms with Crippen LogP contribution in [0, 0.1) is 6.92 Å². The zero-order valence-corrected chi connectivity index (χ0v) is 17.8. The Labute approximate surface area is 184 Å². The monoisotopic (exact) mass is 459 g/mol. The maximum Gasteiger partial charge on any atom is 0.338 e. The van der Waals surface area contributed by atoms with Crippen molar-refractivity contribution in [3.05, 3.63) is 71.8 Å². The fourth-order valence-electron chi connectivity index (χ4n) is 2.73. The predicted octanol–water partition coefficient (Wildman–Crippen LogP) is 2.58. The molecule has 0 saturated carbocycles. The number of sulfonamides is 1. The molecule has 0 aliphatic rings. The number of anilines is 1. The van der Waals surface area contributed by atoms with E-state index in [0.29, 0.717) is 0 Å². The molecular formula is C21H21N3O7S. The number of nitrogens with one attached hydrogen (secondary N) is 2. The van der Waals surface area contributed by atoms with E-state index in [1.807, 2.05) is 11.6 Å². The van der Waals surface area contributed by atoms with Gasteiger partial charge in [0.05, 0.1) is 17.0 Å². The van der Waals surface area contributed by atoms with Gasteiger partial charge < -0.3 is 20.3 Å². The highest BCUT2D eigenvalue weighted by molar-refractivity contribution is 7.90. The molecule has 2 aromatic carbocycles. The molecule has 4 N–H and O–H groups in total. The summed E-state index contributed by atoms with van der Waals surface area (Å²) >= 11 is 0. The second-order valence-corrected chi connectivity index (χ2v) is 8.47. The fourth-order valence-corrected chi connectivity index (χ4v) is 3.64. The van der Waals surface area contributed by atoms with Gasteiger partial charge in [0.2, 0.25) is 0 Å². The normalized spacial score (nSPS) is 11.0. The molecule has 0 bridgehead atoms. The maximum absolute atomic E-state index is 12.2. The van der Waals surface area contributed by atoms with E-state index in [1.54, 1.807) is 12.1 Å². The summed E-state index contributed by atoms with van der Waals surface area (Å²) < 4.78 is 32.7. The molecule has 2 amide bonds. The van der Waals surface area contributed by atoms with Crippen LogP contribution in [0.3, 0.4) is 0 Å². The van der Waals surface area contributed by atoms with Gasteiger partial charge >= 0.3 is 12.0 Å². The first-order chi connectivity index (χ1) is 15.2. The lowest BCUT2D eigenvalue weighted by Crippen LogP contribution is -2.34. The zero-order valence-electron chi connectivity index (χ0n) is 17.0. The number of hydrogen-bond acceptors (Lipinski definition) is 7. The number of hydrogen-bond donors (Lipinski definition) is 4. The molecule has 0 atom stereocenters. The van der Waals surface area contributed by atoms with Gasteiger partial charge in [-0.05, 0) is 43.3 Å². The van der Waals surface area contributed by atoms with Gasteiger partial charge in [-0.2, -0.15) is 0 Å². The van der Waals surface area contributed by atoms with E-state index >= 15 is 0 Å². The van der Waals surface area contributed by atoms with Crippen molar-refractivity contribution in [2.24, 2.45) is 0 Å². The summed E-state index contributed by atoms with van der Waals surface area (Å²) in [7, 11) is -4.03. The number of rotatable bonds is 7. The Morgan fingerprint density at radius 1 is 0.938 bits per heavy atom. The molecule has 1 aromatic heterocycles. The first-order valence-corrected chi connectivity index (χ1v) is 10.9. The predicted molar refractivity (Wildman–Crippen MR) is 115 cm³/mol. The Morgan fingerprint density at radius 2 is 1.53 bits per heavy atom. The Bertz CT molecular complexity index is 1200. The summed E-state index contributed by atoms with van der Waals surface area (Å²) in [5.74, 6) is -0.956. The number of urea groups is 1. The summed E-state index contributed by atoms with van der Waals surface area (Å²) in [6.07, 6.45) is 0. The van der Waals surface area contributed by atoms with E-state index in [0.717, 1.165) is 5.56 Å². The van der Waals surface area contributed by atoms with Crippen LogP contribution in [0.5, 0.6) is 11.8 Å². The molecule has 0 spiro atoms. The lowest BCUT2D eigenvalue weighted by atomic mass is 10.2. The van der Waals surface area contributed by atoms with Crippen molar-refractivity contribution in [1.82, 2.24) is 9.29 Å². The van der Waals surface area contributed by atoms with Gasteiger partial charge in [0.1, 0.15) is 6.61 Å². The number of amides is 2. The molecule has 0 saturated heterocycles. The van der Waals surface area contributed by atoms with E-state index < -0.39 is 22.0 Å². The van der Waals surface area contributed by atoms with Crippen LogP contribution in [0.1, 0.15) is 15.9 Å². The SMILES string of the molecule is Cc1ccc(S(=O)(=O)NC(=O)Nc2ccc(C(=O)OCCn3c(O)ccc3O)cc2)cc1. The van der Waals surface area contributed by atoms with Crippen molar-refractivity contribution in [3.63, 3.8) is 0 Å². The van der Waals surface area contributed by atoms with Gasteiger partial charge in [0.25, 0.3) is 10.0 Å². The minimum Gasteiger partial charge on any atom is -0.494 e. The molecule has 10 nitrogen and oxygen atoms in total. The third-order valence-corrected chi connectivity index (χ3v) is 5.77. The molecule has 0 unspecified atom stereocenters. The molecule has 0 aliphatic carbocycles. The molecule has 0 aliphatic heterocycles. The lowest BCUT2D eigenvalue weighted by molar-refractivity contribution is 0.0486. The molecule has 3 rings (SSSR count). The van der Waals surface area contributed by atoms with E-state index in [9.17, 15) is 28.2 Å². The van der Waals surface area contributed by atoms with Crippen molar-refractivity contribution in [2.45, 2.75) is 18.4 Å². The number of aromatic nitrogens is 1. The summed E-state index contributed by atoms with van der Waals surface area (Å²) in [4.78, 5) is 24.1. The first-order valence-electron chi connectivity index (χ1n) is 9.41. The van der Waals surface area contributed by atoms with Crippen LogP contribution < -0.4 is 10.0 Å². The molecule has 32 heavy (non-hydrogen) atoms.